The van der Waals surface area contributed by atoms with Gasteiger partial charge in [0.15, 0.2) is 0 Å². The first-order valence-electron chi connectivity index (χ1n) is 7.31. The minimum Gasteiger partial charge on any atom is -0.358 e. The van der Waals surface area contributed by atoms with E-state index in [2.05, 4.69) is 20.1 Å². The molecule has 1 saturated heterocycles. The van der Waals surface area contributed by atoms with Crippen LogP contribution < -0.4 is 10.2 Å². The lowest BCUT2D eigenvalue weighted by Crippen LogP contribution is -2.38. The Morgan fingerprint density at radius 3 is 2.77 bits per heavy atom. The number of hydrogen-bond acceptors (Lipinski definition) is 6. The summed E-state index contributed by atoms with van der Waals surface area (Å²) in [6.07, 6.45) is 0.925. The van der Waals surface area contributed by atoms with Crippen molar-refractivity contribution in [2.45, 2.75) is 13.3 Å². The number of nitrogens with one attached hydrogen (secondary N) is 1. The molecule has 0 atom stereocenters. The van der Waals surface area contributed by atoms with Crippen LogP contribution in [0, 0.1) is 17.0 Å². The molecule has 1 aromatic rings. The highest BCUT2D eigenvalue weighted by Crippen LogP contribution is 2.21. The van der Waals surface area contributed by atoms with Crippen molar-refractivity contribution < 1.29 is 9.72 Å². The van der Waals surface area contributed by atoms with Crippen LogP contribution in [0.1, 0.15) is 12.1 Å². The number of rotatable bonds is 4. The maximum atomic E-state index is 11.4. The standard InChI is InChI=1S/C14H21N5O3/c1-11-12(19(21)22)4-5-13(16-11)18-7-3-6-17(8-9-18)10-14(20)15-2/h4-5H,3,6-10H2,1-2H3,(H,15,20). The molecular formula is C14H21N5O3. The van der Waals surface area contributed by atoms with E-state index in [0.29, 0.717) is 12.2 Å². The molecule has 1 aliphatic rings. The summed E-state index contributed by atoms with van der Waals surface area (Å²) in [6.45, 7) is 5.26. The van der Waals surface area contributed by atoms with Gasteiger partial charge in [0.2, 0.25) is 5.91 Å². The number of nitrogens with zero attached hydrogens (tertiary/aromatic N) is 4. The number of amides is 1. The Morgan fingerprint density at radius 2 is 2.14 bits per heavy atom. The Balaban J connectivity index is 2.03. The Morgan fingerprint density at radius 1 is 1.36 bits per heavy atom. The molecule has 0 radical (unpaired) electrons. The SMILES string of the molecule is CNC(=O)CN1CCCN(c2ccc([N+](=O)[O-])c(C)n2)CC1. The molecule has 1 amide bonds. The molecule has 0 aromatic carbocycles. The predicted octanol–water partition coefficient (Wildman–Crippen LogP) is 0.556. The smallest absolute Gasteiger partial charge is 0.290 e. The highest BCUT2D eigenvalue weighted by molar-refractivity contribution is 5.77. The molecule has 2 rings (SSSR count). The maximum Gasteiger partial charge on any atom is 0.290 e. The quantitative estimate of drug-likeness (QED) is 0.645. The second-order valence-electron chi connectivity index (χ2n) is 5.32. The summed E-state index contributed by atoms with van der Waals surface area (Å²) in [5.74, 6) is 0.766. The third kappa shape index (κ3) is 3.91. The molecule has 1 aromatic heterocycles. The highest BCUT2D eigenvalue weighted by Gasteiger charge is 2.19. The number of aryl methyl sites for hydroxylation is 1. The van der Waals surface area contributed by atoms with Crippen LogP contribution in [0.5, 0.6) is 0 Å². The van der Waals surface area contributed by atoms with Crippen molar-refractivity contribution in [1.29, 1.82) is 0 Å². The van der Waals surface area contributed by atoms with Crippen molar-refractivity contribution in [3.63, 3.8) is 0 Å². The topological polar surface area (TPSA) is 91.6 Å². The minimum absolute atomic E-state index is 0.0118. The number of hydrogen-bond donors (Lipinski definition) is 1. The van der Waals surface area contributed by atoms with Gasteiger partial charge in [-0.25, -0.2) is 4.98 Å². The van der Waals surface area contributed by atoms with Gasteiger partial charge in [-0.05, 0) is 19.4 Å². The predicted molar refractivity (Wildman–Crippen MR) is 83.0 cm³/mol. The van der Waals surface area contributed by atoms with Crippen LogP contribution in [-0.4, -0.2) is 60.5 Å². The van der Waals surface area contributed by atoms with Gasteiger partial charge in [0.25, 0.3) is 5.69 Å². The average molecular weight is 307 g/mol. The average Bonchev–Trinajstić information content (AvgIpc) is 2.72. The van der Waals surface area contributed by atoms with E-state index in [0.717, 1.165) is 38.4 Å². The van der Waals surface area contributed by atoms with Gasteiger partial charge in [-0.3, -0.25) is 19.8 Å². The summed E-state index contributed by atoms with van der Waals surface area (Å²) in [6, 6.07) is 3.20. The van der Waals surface area contributed by atoms with Gasteiger partial charge in [-0.15, -0.1) is 0 Å². The molecule has 8 nitrogen and oxygen atoms in total. The number of carbonyl (C=O) groups excluding carboxylic acids is 1. The molecule has 120 valence electrons. The molecule has 0 unspecified atom stereocenters. The molecule has 22 heavy (non-hydrogen) atoms. The van der Waals surface area contributed by atoms with E-state index in [1.807, 2.05) is 0 Å². The van der Waals surface area contributed by atoms with Crippen LogP contribution in [0.4, 0.5) is 11.5 Å². The first-order valence-corrected chi connectivity index (χ1v) is 7.31. The summed E-state index contributed by atoms with van der Waals surface area (Å²) >= 11 is 0. The Bertz CT molecular complexity index is 563. The van der Waals surface area contributed by atoms with Gasteiger partial charge in [-0.1, -0.05) is 0 Å². The van der Waals surface area contributed by atoms with Crippen molar-refractivity contribution in [3.8, 4) is 0 Å². The molecule has 0 bridgehead atoms. The van der Waals surface area contributed by atoms with Gasteiger partial charge < -0.3 is 10.2 Å². The maximum absolute atomic E-state index is 11.4. The molecule has 2 heterocycles. The fourth-order valence-corrected chi connectivity index (χ4v) is 2.55. The van der Waals surface area contributed by atoms with E-state index < -0.39 is 4.92 Å². The van der Waals surface area contributed by atoms with Gasteiger partial charge in [-0.2, -0.15) is 0 Å². The lowest BCUT2D eigenvalue weighted by molar-refractivity contribution is -0.385. The number of likely N-dealkylation sites (N-methyl/N-ethyl adjacent to an activating group) is 1. The molecule has 0 saturated carbocycles. The molecule has 0 spiro atoms. The summed E-state index contributed by atoms with van der Waals surface area (Å²) in [5, 5.41) is 13.5. The summed E-state index contributed by atoms with van der Waals surface area (Å²) < 4.78 is 0. The summed E-state index contributed by atoms with van der Waals surface area (Å²) in [4.78, 5) is 30.4. The zero-order chi connectivity index (χ0) is 16.1. The number of pyridine rings is 1. The van der Waals surface area contributed by atoms with Crippen molar-refractivity contribution >= 4 is 17.4 Å². The lowest BCUT2D eigenvalue weighted by atomic mass is 10.3. The molecule has 0 aliphatic carbocycles. The fourth-order valence-electron chi connectivity index (χ4n) is 2.55. The molecular weight excluding hydrogens is 286 g/mol. The molecule has 8 heteroatoms. The highest BCUT2D eigenvalue weighted by atomic mass is 16.6. The monoisotopic (exact) mass is 307 g/mol. The normalized spacial score (nSPS) is 16.2. The summed E-state index contributed by atoms with van der Waals surface area (Å²) in [5.41, 5.74) is 0.466. The Labute approximate surface area is 129 Å². The van der Waals surface area contributed by atoms with Crippen molar-refractivity contribution in [2.75, 3.05) is 44.7 Å². The van der Waals surface area contributed by atoms with Crippen molar-refractivity contribution in [2.24, 2.45) is 0 Å². The number of aromatic nitrogens is 1. The van der Waals surface area contributed by atoms with E-state index in [9.17, 15) is 14.9 Å². The zero-order valence-electron chi connectivity index (χ0n) is 12.9. The largest absolute Gasteiger partial charge is 0.358 e. The summed E-state index contributed by atoms with van der Waals surface area (Å²) in [7, 11) is 1.63. The number of nitro groups is 1. The minimum atomic E-state index is -0.417. The van der Waals surface area contributed by atoms with Crippen LogP contribution >= 0.6 is 0 Å². The van der Waals surface area contributed by atoms with Crippen LogP contribution in [0.3, 0.4) is 0 Å². The van der Waals surface area contributed by atoms with Crippen LogP contribution in [0.25, 0.3) is 0 Å². The number of anilines is 1. The van der Waals surface area contributed by atoms with Gasteiger partial charge in [0.05, 0.1) is 11.5 Å². The van der Waals surface area contributed by atoms with Gasteiger partial charge in [0.1, 0.15) is 11.5 Å². The third-order valence-electron chi connectivity index (χ3n) is 3.80. The van der Waals surface area contributed by atoms with Crippen LogP contribution in [-0.2, 0) is 4.79 Å². The molecule has 1 aliphatic heterocycles. The molecule has 1 fully saturated rings. The second kappa shape index (κ2) is 7.17. The molecule has 1 N–H and O–H groups in total. The zero-order valence-corrected chi connectivity index (χ0v) is 12.9. The fraction of sp³-hybridized carbons (Fsp3) is 0.571. The van der Waals surface area contributed by atoms with E-state index in [-0.39, 0.29) is 11.6 Å². The van der Waals surface area contributed by atoms with Gasteiger partial charge >= 0.3 is 0 Å². The lowest BCUT2D eigenvalue weighted by Gasteiger charge is -2.22. The van der Waals surface area contributed by atoms with E-state index in [1.165, 1.54) is 6.07 Å². The first-order chi connectivity index (χ1) is 10.5. The van der Waals surface area contributed by atoms with Gasteiger partial charge in [0, 0.05) is 39.3 Å². The Kier molecular flexibility index (Phi) is 5.26. The van der Waals surface area contributed by atoms with E-state index >= 15 is 0 Å². The number of carbonyl (C=O) groups is 1. The third-order valence-corrected chi connectivity index (χ3v) is 3.80. The van der Waals surface area contributed by atoms with Crippen LogP contribution in [0.2, 0.25) is 0 Å². The van der Waals surface area contributed by atoms with Crippen molar-refractivity contribution in [3.05, 3.63) is 27.9 Å². The van der Waals surface area contributed by atoms with Crippen LogP contribution in [0.15, 0.2) is 12.1 Å². The van der Waals surface area contributed by atoms with E-state index in [4.69, 9.17) is 0 Å². The Hall–Kier alpha value is -2.22. The van der Waals surface area contributed by atoms with Crippen molar-refractivity contribution in [1.82, 2.24) is 15.2 Å². The van der Waals surface area contributed by atoms with E-state index in [1.54, 1.807) is 20.0 Å². The second-order valence-corrected chi connectivity index (χ2v) is 5.32. The first kappa shape index (κ1) is 16.2.